The van der Waals surface area contributed by atoms with Crippen LogP contribution in [0.1, 0.15) is 36.1 Å². The van der Waals surface area contributed by atoms with Crippen LogP contribution in [0, 0.1) is 11.8 Å². The number of benzene rings is 1. The van der Waals surface area contributed by atoms with Crippen LogP contribution in [0.2, 0.25) is 0 Å². The Labute approximate surface area is 213 Å². The summed E-state index contributed by atoms with van der Waals surface area (Å²) < 4.78 is 13.3. The van der Waals surface area contributed by atoms with Crippen molar-refractivity contribution in [1.29, 1.82) is 0 Å². The van der Waals surface area contributed by atoms with E-state index >= 15 is 0 Å². The van der Waals surface area contributed by atoms with E-state index in [1.54, 1.807) is 54.8 Å². The SMILES string of the molecule is CCOC(=O)C1=C(C)N=c2sc(=Cc3ccc(-c4cc(N=O)ccc4C)o3)c(=O)n2C1c1cccs1. The van der Waals surface area contributed by atoms with Crippen LogP contribution in [0.3, 0.4) is 0 Å². The van der Waals surface area contributed by atoms with Crippen molar-refractivity contribution in [1.82, 2.24) is 4.57 Å². The van der Waals surface area contributed by atoms with Gasteiger partial charge in [-0.1, -0.05) is 23.5 Å². The van der Waals surface area contributed by atoms with Gasteiger partial charge in [-0.25, -0.2) is 9.79 Å². The quantitative estimate of drug-likeness (QED) is 0.268. The van der Waals surface area contributed by atoms with Crippen molar-refractivity contribution in [3.05, 3.63) is 99.9 Å². The van der Waals surface area contributed by atoms with Crippen LogP contribution in [0.25, 0.3) is 17.4 Å². The highest BCUT2D eigenvalue weighted by molar-refractivity contribution is 7.10. The third-order valence-electron chi connectivity index (χ3n) is 5.82. The van der Waals surface area contributed by atoms with Crippen LogP contribution >= 0.6 is 22.7 Å². The minimum atomic E-state index is -0.615. The van der Waals surface area contributed by atoms with Crippen molar-refractivity contribution in [2.45, 2.75) is 26.8 Å². The summed E-state index contributed by atoms with van der Waals surface area (Å²) in [6, 6.07) is 11.8. The number of allylic oxidation sites excluding steroid dienone is 1. The Balaban J connectivity index is 1.62. The highest BCUT2D eigenvalue weighted by atomic mass is 32.1. The van der Waals surface area contributed by atoms with Gasteiger partial charge in [0.05, 0.1) is 22.4 Å². The minimum absolute atomic E-state index is 0.226. The zero-order chi connectivity index (χ0) is 25.4. The normalized spacial score (nSPS) is 15.5. The average molecular weight is 520 g/mol. The first-order chi connectivity index (χ1) is 17.4. The molecule has 0 amide bonds. The fourth-order valence-corrected chi connectivity index (χ4v) is 5.99. The minimum Gasteiger partial charge on any atom is -0.463 e. The molecule has 0 aliphatic carbocycles. The van der Waals surface area contributed by atoms with Gasteiger partial charge in [0.1, 0.15) is 23.2 Å². The van der Waals surface area contributed by atoms with Gasteiger partial charge < -0.3 is 9.15 Å². The Morgan fingerprint density at radius 1 is 1.25 bits per heavy atom. The molecule has 4 heterocycles. The molecule has 0 fully saturated rings. The molecule has 0 N–H and O–H groups in total. The van der Waals surface area contributed by atoms with Crippen LogP contribution < -0.4 is 14.9 Å². The molecule has 182 valence electrons. The van der Waals surface area contributed by atoms with E-state index in [1.165, 1.54) is 22.7 Å². The first kappa shape index (κ1) is 23.8. The largest absolute Gasteiger partial charge is 0.463 e. The van der Waals surface area contributed by atoms with Gasteiger partial charge in [0, 0.05) is 16.5 Å². The first-order valence-corrected chi connectivity index (χ1v) is 12.9. The van der Waals surface area contributed by atoms with E-state index in [-0.39, 0.29) is 12.2 Å². The molecule has 8 nitrogen and oxygen atoms in total. The summed E-state index contributed by atoms with van der Waals surface area (Å²) in [5.41, 5.74) is 2.61. The molecule has 0 spiro atoms. The summed E-state index contributed by atoms with van der Waals surface area (Å²) in [7, 11) is 0. The molecule has 10 heteroatoms. The van der Waals surface area contributed by atoms with E-state index in [2.05, 4.69) is 10.2 Å². The van der Waals surface area contributed by atoms with Crippen molar-refractivity contribution < 1.29 is 13.9 Å². The lowest BCUT2D eigenvalue weighted by Crippen LogP contribution is -2.39. The molecule has 0 bridgehead atoms. The van der Waals surface area contributed by atoms with Crippen LogP contribution in [0.15, 0.2) is 78.5 Å². The Kier molecular flexibility index (Phi) is 6.38. The molecule has 1 aromatic carbocycles. The van der Waals surface area contributed by atoms with Crippen molar-refractivity contribution in [2.24, 2.45) is 10.2 Å². The van der Waals surface area contributed by atoms with E-state index in [4.69, 9.17) is 9.15 Å². The maximum absolute atomic E-state index is 13.6. The fraction of sp³-hybridized carbons (Fsp3) is 0.192. The van der Waals surface area contributed by atoms with Gasteiger partial charge in [-0.05, 0) is 67.2 Å². The lowest BCUT2D eigenvalue weighted by molar-refractivity contribution is -0.139. The second kappa shape index (κ2) is 9.63. The molecule has 1 unspecified atom stereocenters. The second-order valence-electron chi connectivity index (χ2n) is 8.11. The molecular weight excluding hydrogens is 498 g/mol. The van der Waals surface area contributed by atoms with Crippen molar-refractivity contribution in [2.75, 3.05) is 6.61 Å². The summed E-state index contributed by atoms with van der Waals surface area (Å²) >= 11 is 2.70. The zero-order valence-electron chi connectivity index (χ0n) is 19.7. The van der Waals surface area contributed by atoms with E-state index < -0.39 is 12.0 Å². The Hall–Kier alpha value is -3.89. The monoisotopic (exact) mass is 519 g/mol. The predicted octanol–water partition coefficient (Wildman–Crippen LogP) is 4.83. The van der Waals surface area contributed by atoms with Crippen LogP contribution in [-0.2, 0) is 9.53 Å². The number of aryl methyl sites for hydroxylation is 1. The Morgan fingerprint density at radius 2 is 2.08 bits per heavy atom. The van der Waals surface area contributed by atoms with Crippen molar-refractivity contribution in [3.8, 4) is 11.3 Å². The van der Waals surface area contributed by atoms with Gasteiger partial charge in [-0.15, -0.1) is 16.2 Å². The van der Waals surface area contributed by atoms with Gasteiger partial charge in [-0.3, -0.25) is 9.36 Å². The number of carbonyl (C=O) groups is 1. The number of fused-ring (bicyclic) bond motifs is 1. The number of esters is 1. The van der Waals surface area contributed by atoms with E-state index in [1.807, 2.05) is 24.4 Å². The molecular formula is C26H21N3O5S2. The van der Waals surface area contributed by atoms with Crippen LogP contribution in [-0.4, -0.2) is 17.1 Å². The Bertz CT molecular complexity index is 1690. The highest BCUT2D eigenvalue weighted by Crippen LogP contribution is 2.33. The third kappa shape index (κ3) is 4.18. The second-order valence-corrected chi connectivity index (χ2v) is 10.1. The van der Waals surface area contributed by atoms with E-state index in [9.17, 15) is 14.5 Å². The summed E-state index contributed by atoms with van der Waals surface area (Å²) in [4.78, 5) is 43.3. The highest BCUT2D eigenvalue weighted by Gasteiger charge is 2.33. The molecule has 1 aliphatic rings. The average Bonchev–Trinajstić information content (AvgIpc) is 3.61. The predicted molar refractivity (Wildman–Crippen MR) is 139 cm³/mol. The smallest absolute Gasteiger partial charge is 0.338 e. The molecule has 0 saturated heterocycles. The number of aromatic nitrogens is 1. The number of nitrogens with zero attached hydrogens (tertiary/aromatic N) is 3. The summed E-state index contributed by atoms with van der Waals surface area (Å²) in [5, 5.41) is 4.90. The maximum Gasteiger partial charge on any atom is 0.338 e. The number of thiazole rings is 1. The molecule has 5 rings (SSSR count). The van der Waals surface area contributed by atoms with Gasteiger partial charge in [-0.2, -0.15) is 0 Å². The Morgan fingerprint density at radius 3 is 2.81 bits per heavy atom. The summed E-state index contributed by atoms with van der Waals surface area (Å²) in [5.74, 6) is 0.562. The maximum atomic E-state index is 13.6. The van der Waals surface area contributed by atoms with E-state index in [0.717, 1.165) is 16.0 Å². The van der Waals surface area contributed by atoms with Gasteiger partial charge >= 0.3 is 5.97 Å². The number of hydrogen-bond acceptors (Lipinski definition) is 9. The van der Waals surface area contributed by atoms with Crippen molar-refractivity contribution in [3.63, 3.8) is 0 Å². The van der Waals surface area contributed by atoms with Gasteiger partial charge in [0.15, 0.2) is 4.80 Å². The summed E-state index contributed by atoms with van der Waals surface area (Å²) in [6.45, 7) is 5.64. The standard InChI is InChI=1S/C26H21N3O5S2/c1-4-33-25(31)22-15(3)27-26-29(23(22)20-6-5-11-35-20)24(30)21(36-26)13-17-9-10-19(34-17)18-12-16(28-32)8-7-14(18)2/h5-13,23H,4H2,1-3H3. The number of furan rings is 1. The van der Waals surface area contributed by atoms with Crippen LogP contribution in [0.4, 0.5) is 5.69 Å². The third-order valence-corrected chi connectivity index (χ3v) is 7.73. The number of hydrogen-bond donors (Lipinski definition) is 0. The molecule has 1 aliphatic heterocycles. The number of carbonyl (C=O) groups excluding carboxylic acids is 1. The van der Waals surface area contributed by atoms with Crippen molar-refractivity contribution >= 4 is 40.4 Å². The topological polar surface area (TPSA) is 103 Å². The lowest BCUT2D eigenvalue weighted by Gasteiger charge is -2.23. The lowest BCUT2D eigenvalue weighted by atomic mass is 10.0. The molecule has 1 atom stereocenters. The van der Waals surface area contributed by atoms with Crippen LogP contribution in [0.5, 0.6) is 0 Å². The number of nitroso groups, excluding NO2 is 1. The van der Waals surface area contributed by atoms with Gasteiger partial charge in [0.2, 0.25) is 0 Å². The van der Waals surface area contributed by atoms with Gasteiger partial charge in [0.25, 0.3) is 5.56 Å². The number of ether oxygens (including phenoxy) is 1. The number of thiophene rings is 1. The molecule has 0 radical (unpaired) electrons. The molecule has 3 aromatic heterocycles. The zero-order valence-corrected chi connectivity index (χ0v) is 21.3. The summed E-state index contributed by atoms with van der Waals surface area (Å²) in [6.07, 6.45) is 1.67. The number of rotatable bonds is 6. The fourth-order valence-electron chi connectivity index (χ4n) is 4.14. The first-order valence-electron chi connectivity index (χ1n) is 11.2. The molecule has 0 saturated carbocycles. The molecule has 4 aromatic rings. The molecule has 36 heavy (non-hydrogen) atoms. The van der Waals surface area contributed by atoms with E-state index in [0.29, 0.717) is 37.8 Å².